The number of fused-ring (bicyclic) bond motifs is 6. The van der Waals surface area contributed by atoms with E-state index in [9.17, 15) is 29.4 Å². The summed E-state index contributed by atoms with van der Waals surface area (Å²) in [5.41, 5.74) is 21.8. The zero-order chi connectivity index (χ0) is 43.6. The fourth-order valence-electron chi connectivity index (χ4n) is 8.40. The summed E-state index contributed by atoms with van der Waals surface area (Å²) < 4.78 is 17.4. The van der Waals surface area contributed by atoms with Gasteiger partial charge in [0.1, 0.15) is 36.9 Å². The number of alkyl carbamates (subject to hydrolysis) is 2. The Morgan fingerprint density at radius 2 is 1.29 bits per heavy atom. The van der Waals surface area contributed by atoms with E-state index in [2.05, 4.69) is 38.1 Å². The molecule has 0 bridgehead atoms. The van der Waals surface area contributed by atoms with E-state index in [-0.39, 0.29) is 56.7 Å². The number of nitrogens with two attached hydrogens (primary N) is 1. The molecule has 4 aromatic carbocycles. The summed E-state index contributed by atoms with van der Waals surface area (Å²) in [4.78, 5) is 54.6. The number of ether oxygens (including phenoxy) is 3. The van der Waals surface area contributed by atoms with Crippen molar-refractivity contribution in [1.29, 1.82) is 0 Å². The monoisotopic (exact) mass is 863 g/mol. The summed E-state index contributed by atoms with van der Waals surface area (Å²) in [6, 6.07) is 29.5. The molecule has 1 heterocycles. The minimum atomic E-state index is -1.57. The van der Waals surface area contributed by atoms with Crippen LogP contribution in [0.4, 0.5) is 9.59 Å². The Labute approximate surface area is 362 Å². The molecule has 1 fully saturated rings. The quantitative estimate of drug-likeness (QED) is 0.0319. The third kappa shape index (κ3) is 10.2. The Morgan fingerprint density at radius 1 is 0.774 bits per heavy atom. The standard InChI is InChI=1S/C45H49N7O9S/c46-38(53)20-22-62-43-39(41(55)40(54)37(61-43)23-49-52-47)51-42(56)36(50-45(58)60-25-35-32-17-7-3-13-28(32)29-14-4-8-18-33(29)35)19-9-10-21-48-44(57)59-24-34-30-15-5-1-11-26(30)27-12-2-6-16-31(27)34/h1-8,11-18,34-37,39-41,43,54-55H,9-10,19-25H2,(H2,46,53)(H,48,57)(H,50,58)(H,51,56)/t36-,37+,39+,40+,41+,43-/m0/s1. The van der Waals surface area contributed by atoms with E-state index in [4.69, 9.17) is 25.5 Å². The predicted octanol–water partition coefficient (Wildman–Crippen LogP) is 5.45. The molecular weight excluding hydrogens is 815 g/mol. The van der Waals surface area contributed by atoms with Crippen LogP contribution in [0, 0.1) is 0 Å². The topological polar surface area (TPSA) is 247 Å². The van der Waals surface area contributed by atoms with Crippen molar-refractivity contribution in [2.45, 2.75) is 73.4 Å². The van der Waals surface area contributed by atoms with E-state index in [1.54, 1.807) is 0 Å². The second-order valence-corrected chi connectivity index (χ2v) is 16.5. The van der Waals surface area contributed by atoms with Gasteiger partial charge in [-0.25, -0.2) is 9.59 Å². The van der Waals surface area contributed by atoms with Gasteiger partial charge in [-0.1, -0.05) is 102 Å². The Balaban J connectivity index is 0.981. The number of benzene rings is 4. The average Bonchev–Trinajstić information content (AvgIpc) is 3.78. The van der Waals surface area contributed by atoms with E-state index in [1.165, 1.54) is 0 Å². The summed E-state index contributed by atoms with van der Waals surface area (Å²) in [6.07, 6.45) is -4.78. The van der Waals surface area contributed by atoms with Gasteiger partial charge in [-0.2, -0.15) is 0 Å². The molecular formula is C45H49N7O9S. The molecule has 1 saturated heterocycles. The van der Waals surface area contributed by atoms with E-state index in [0.717, 1.165) is 56.3 Å². The minimum Gasteiger partial charge on any atom is -0.449 e. The predicted molar refractivity (Wildman–Crippen MR) is 232 cm³/mol. The van der Waals surface area contributed by atoms with E-state index >= 15 is 0 Å². The third-order valence-corrected chi connectivity index (χ3v) is 12.6. The molecule has 17 heteroatoms. The number of thioether (sulfide) groups is 1. The molecule has 7 rings (SSSR count). The molecule has 62 heavy (non-hydrogen) atoms. The Hall–Kier alpha value is -6.10. The van der Waals surface area contributed by atoms with Crippen LogP contribution in [0.3, 0.4) is 0 Å². The van der Waals surface area contributed by atoms with Crippen molar-refractivity contribution in [3.63, 3.8) is 0 Å². The van der Waals surface area contributed by atoms with E-state index in [1.807, 2.05) is 84.9 Å². The fraction of sp³-hybridized carbons (Fsp3) is 0.378. The molecule has 0 saturated carbocycles. The smallest absolute Gasteiger partial charge is 0.407 e. The van der Waals surface area contributed by atoms with E-state index in [0.29, 0.717) is 12.8 Å². The van der Waals surface area contributed by atoms with Gasteiger partial charge in [-0.3, -0.25) is 9.59 Å². The first-order valence-corrected chi connectivity index (χ1v) is 21.6. The lowest BCUT2D eigenvalue weighted by molar-refractivity contribution is -0.161. The number of amides is 4. The van der Waals surface area contributed by atoms with Crippen molar-refractivity contribution >= 4 is 35.8 Å². The maximum Gasteiger partial charge on any atom is 0.407 e. The number of unbranched alkanes of at least 4 members (excludes halogenated alkanes) is 1. The number of aliphatic hydroxyl groups excluding tert-OH is 2. The second-order valence-electron chi connectivity index (χ2n) is 15.3. The maximum absolute atomic E-state index is 14.1. The van der Waals surface area contributed by atoms with Crippen molar-refractivity contribution in [1.82, 2.24) is 16.0 Å². The molecule has 0 spiro atoms. The number of carbonyl (C=O) groups excluding carboxylic acids is 4. The van der Waals surface area contributed by atoms with Gasteiger partial charge >= 0.3 is 12.2 Å². The Morgan fingerprint density at radius 3 is 1.81 bits per heavy atom. The zero-order valence-corrected chi connectivity index (χ0v) is 34.6. The summed E-state index contributed by atoms with van der Waals surface area (Å²) >= 11 is 1.08. The number of primary amides is 1. The van der Waals surface area contributed by atoms with Gasteiger partial charge in [0.15, 0.2) is 0 Å². The molecule has 7 N–H and O–H groups in total. The van der Waals surface area contributed by atoms with Gasteiger partial charge in [0.25, 0.3) is 0 Å². The molecule has 2 aliphatic carbocycles. The normalized spacial score (nSPS) is 20.3. The first-order valence-electron chi connectivity index (χ1n) is 20.6. The number of nitrogens with one attached hydrogen (secondary N) is 3. The number of hydrogen-bond acceptors (Lipinski definition) is 11. The molecule has 0 radical (unpaired) electrons. The second kappa shape index (κ2) is 20.6. The lowest BCUT2D eigenvalue weighted by Crippen LogP contribution is -2.65. The van der Waals surface area contributed by atoms with Crippen LogP contribution in [0.5, 0.6) is 0 Å². The zero-order valence-electron chi connectivity index (χ0n) is 33.8. The Kier molecular flexibility index (Phi) is 14.6. The van der Waals surface area contributed by atoms with Crippen LogP contribution < -0.4 is 21.7 Å². The summed E-state index contributed by atoms with van der Waals surface area (Å²) in [5.74, 6) is -1.42. The highest BCUT2D eigenvalue weighted by Gasteiger charge is 2.46. The molecule has 1 aliphatic heterocycles. The van der Waals surface area contributed by atoms with Crippen LogP contribution in [-0.4, -0.2) is 102 Å². The van der Waals surface area contributed by atoms with Crippen LogP contribution in [0.2, 0.25) is 0 Å². The summed E-state index contributed by atoms with van der Waals surface area (Å²) in [7, 11) is 0. The van der Waals surface area contributed by atoms with Gasteiger partial charge in [0.2, 0.25) is 11.8 Å². The van der Waals surface area contributed by atoms with Crippen LogP contribution in [-0.2, 0) is 23.8 Å². The van der Waals surface area contributed by atoms with Crippen molar-refractivity contribution < 1.29 is 43.6 Å². The lowest BCUT2D eigenvalue weighted by atomic mass is 9.97. The molecule has 0 aromatic heterocycles. The van der Waals surface area contributed by atoms with Crippen LogP contribution in [0.15, 0.2) is 102 Å². The number of azide groups is 1. The third-order valence-electron chi connectivity index (χ3n) is 11.5. The number of rotatable bonds is 18. The lowest BCUT2D eigenvalue weighted by Gasteiger charge is -2.43. The molecule has 16 nitrogen and oxygen atoms in total. The summed E-state index contributed by atoms with van der Waals surface area (Å²) in [6.45, 7) is 0.0945. The fourth-order valence-corrected chi connectivity index (χ4v) is 9.61. The highest BCUT2D eigenvalue weighted by molar-refractivity contribution is 7.99. The molecule has 6 atom stereocenters. The Bertz CT molecular complexity index is 2220. The van der Waals surface area contributed by atoms with Crippen molar-refractivity contribution in [2.24, 2.45) is 10.8 Å². The molecule has 324 valence electrons. The van der Waals surface area contributed by atoms with Crippen molar-refractivity contribution in [2.75, 3.05) is 32.1 Å². The number of nitrogens with zero attached hydrogens (tertiary/aromatic N) is 3. The first-order chi connectivity index (χ1) is 30.1. The van der Waals surface area contributed by atoms with Gasteiger partial charge in [0, 0.05) is 35.5 Å². The molecule has 3 aliphatic rings. The highest BCUT2D eigenvalue weighted by Crippen LogP contribution is 2.45. The summed E-state index contributed by atoms with van der Waals surface area (Å²) in [5, 5.41) is 33.8. The first kappa shape index (κ1) is 44.0. The maximum atomic E-state index is 14.1. The minimum absolute atomic E-state index is 0.00474. The van der Waals surface area contributed by atoms with Crippen molar-refractivity contribution in [3.05, 3.63) is 130 Å². The van der Waals surface area contributed by atoms with Crippen LogP contribution in [0.25, 0.3) is 32.7 Å². The van der Waals surface area contributed by atoms with Crippen LogP contribution in [0.1, 0.15) is 59.8 Å². The number of hydrogen-bond donors (Lipinski definition) is 6. The average molecular weight is 864 g/mol. The van der Waals surface area contributed by atoms with E-state index < -0.39 is 59.8 Å². The number of aliphatic hydroxyl groups is 2. The number of carbonyl (C=O) groups is 4. The SMILES string of the molecule is [N-]=[N+]=NC[C@H]1O[C@@H](SCCC(N)=O)[C@H](NC(=O)[C@H](CCCCNC(=O)OCC2c3ccccc3-c3ccccc32)NC(=O)OCC2c3ccccc3-c3ccccc32)[C@@H](O)[C@@H]1O. The van der Waals surface area contributed by atoms with Crippen molar-refractivity contribution in [3.8, 4) is 22.3 Å². The molecule has 4 aromatic rings. The molecule has 0 unspecified atom stereocenters. The van der Waals surface area contributed by atoms with Crippen LogP contribution >= 0.6 is 11.8 Å². The molecule has 4 amide bonds. The highest BCUT2D eigenvalue weighted by atomic mass is 32.2. The van der Waals surface area contributed by atoms with Gasteiger partial charge in [-0.05, 0) is 69.3 Å². The van der Waals surface area contributed by atoms with Gasteiger partial charge < -0.3 is 46.1 Å². The largest absolute Gasteiger partial charge is 0.449 e. The van der Waals surface area contributed by atoms with Gasteiger partial charge in [0.05, 0.1) is 18.7 Å². The van der Waals surface area contributed by atoms with Gasteiger partial charge in [-0.15, -0.1) is 11.8 Å².